The van der Waals surface area contributed by atoms with Crippen molar-refractivity contribution in [2.75, 3.05) is 6.61 Å². The van der Waals surface area contributed by atoms with Gasteiger partial charge in [0, 0.05) is 16.4 Å². The fourth-order valence-electron chi connectivity index (χ4n) is 1.49. The number of aliphatic hydroxyl groups is 1. The fourth-order valence-corrected chi connectivity index (χ4v) is 4.27. The Hall–Kier alpha value is -0.960. The summed E-state index contributed by atoms with van der Waals surface area (Å²) in [5.41, 5.74) is 0. The Balaban J connectivity index is 3.00. The number of thiophene rings is 1. The first-order chi connectivity index (χ1) is 8.27. The molecule has 0 saturated carbocycles. The molecule has 0 unspecified atom stereocenters. The van der Waals surface area contributed by atoms with Crippen molar-refractivity contribution in [3.05, 3.63) is 15.8 Å². The summed E-state index contributed by atoms with van der Waals surface area (Å²) in [6.07, 6.45) is -0.170. The lowest BCUT2D eigenvalue weighted by atomic mass is 10.2. The normalized spacial score (nSPS) is 13.5. The summed E-state index contributed by atoms with van der Waals surface area (Å²) in [5, 5.41) is 17.6. The Morgan fingerprint density at radius 1 is 1.50 bits per heavy atom. The van der Waals surface area contributed by atoms with Crippen LogP contribution in [-0.4, -0.2) is 37.2 Å². The second-order valence-electron chi connectivity index (χ2n) is 3.80. The number of hydrogen-bond acceptors (Lipinski definition) is 5. The minimum Gasteiger partial charge on any atom is -0.480 e. The Kier molecular flexibility index (Phi) is 4.85. The SMILES string of the molecule is Cc1cc(S(=O)(=O)N[C@H](CCO)C(=O)O)c(C)s1. The van der Waals surface area contributed by atoms with Crippen LogP contribution >= 0.6 is 11.3 Å². The summed E-state index contributed by atoms with van der Waals surface area (Å²) < 4.78 is 26.1. The zero-order chi connectivity index (χ0) is 13.9. The summed E-state index contributed by atoms with van der Waals surface area (Å²) in [6.45, 7) is 3.04. The standard InChI is InChI=1S/C10H15NO5S2/c1-6-5-9(7(2)17-6)18(15,16)11-8(3-4-12)10(13)14/h5,8,11-12H,3-4H2,1-2H3,(H,13,14)/t8-/m1/s1. The molecule has 0 saturated heterocycles. The van der Waals surface area contributed by atoms with Crippen molar-refractivity contribution in [3.8, 4) is 0 Å². The smallest absolute Gasteiger partial charge is 0.321 e. The number of hydrogen-bond donors (Lipinski definition) is 3. The van der Waals surface area contributed by atoms with Crippen LogP contribution in [0.3, 0.4) is 0 Å². The van der Waals surface area contributed by atoms with E-state index >= 15 is 0 Å². The van der Waals surface area contributed by atoms with Gasteiger partial charge in [0.05, 0.1) is 4.90 Å². The Morgan fingerprint density at radius 2 is 2.11 bits per heavy atom. The van der Waals surface area contributed by atoms with Crippen LogP contribution in [0.25, 0.3) is 0 Å². The molecule has 8 heteroatoms. The largest absolute Gasteiger partial charge is 0.480 e. The molecule has 0 fully saturated rings. The number of carbonyl (C=O) groups is 1. The van der Waals surface area contributed by atoms with E-state index in [1.54, 1.807) is 13.8 Å². The van der Waals surface area contributed by atoms with Gasteiger partial charge in [0.25, 0.3) is 0 Å². The highest BCUT2D eigenvalue weighted by molar-refractivity contribution is 7.89. The van der Waals surface area contributed by atoms with E-state index in [1.165, 1.54) is 17.4 Å². The number of aryl methyl sites for hydroxylation is 2. The molecule has 0 aliphatic rings. The van der Waals surface area contributed by atoms with Gasteiger partial charge in [0.15, 0.2) is 0 Å². The molecular formula is C10H15NO5S2. The molecule has 1 atom stereocenters. The average Bonchev–Trinajstić information content (AvgIpc) is 2.57. The maximum Gasteiger partial charge on any atom is 0.321 e. The van der Waals surface area contributed by atoms with Crippen molar-refractivity contribution in [1.29, 1.82) is 0 Å². The molecule has 0 aromatic carbocycles. The molecular weight excluding hydrogens is 278 g/mol. The van der Waals surface area contributed by atoms with Crippen molar-refractivity contribution < 1.29 is 23.4 Å². The van der Waals surface area contributed by atoms with Crippen LogP contribution in [0.4, 0.5) is 0 Å². The highest BCUT2D eigenvalue weighted by Crippen LogP contribution is 2.25. The highest BCUT2D eigenvalue weighted by atomic mass is 32.2. The lowest BCUT2D eigenvalue weighted by molar-refractivity contribution is -0.139. The number of sulfonamides is 1. The van der Waals surface area contributed by atoms with Gasteiger partial charge in [0.1, 0.15) is 6.04 Å². The number of aliphatic carboxylic acids is 1. The van der Waals surface area contributed by atoms with Crippen molar-refractivity contribution in [3.63, 3.8) is 0 Å². The van der Waals surface area contributed by atoms with E-state index in [0.29, 0.717) is 4.88 Å². The predicted molar refractivity (Wildman–Crippen MR) is 67.2 cm³/mol. The summed E-state index contributed by atoms with van der Waals surface area (Å²) in [7, 11) is -3.87. The second kappa shape index (κ2) is 5.79. The number of carboxylic acids is 1. The van der Waals surface area contributed by atoms with Crippen LogP contribution in [0, 0.1) is 13.8 Å². The van der Waals surface area contributed by atoms with E-state index in [1.807, 2.05) is 0 Å². The van der Waals surface area contributed by atoms with Crippen molar-refractivity contribution in [2.45, 2.75) is 31.2 Å². The molecule has 0 radical (unpaired) electrons. The molecule has 0 aliphatic carbocycles. The Labute approximate surface area is 109 Å². The Morgan fingerprint density at radius 3 is 2.50 bits per heavy atom. The van der Waals surface area contributed by atoms with Crippen molar-refractivity contribution in [1.82, 2.24) is 4.72 Å². The molecule has 1 aromatic heterocycles. The molecule has 1 rings (SSSR count). The lowest BCUT2D eigenvalue weighted by Gasteiger charge is -2.13. The molecule has 6 nitrogen and oxygen atoms in total. The van der Waals surface area contributed by atoms with E-state index in [9.17, 15) is 13.2 Å². The van der Waals surface area contributed by atoms with Gasteiger partial charge >= 0.3 is 5.97 Å². The first-order valence-corrected chi connectivity index (χ1v) is 7.51. The first kappa shape index (κ1) is 15.1. The van der Waals surface area contributed by atoms with Crippen LogP contribution in [0.15, 0.2) is 11.0 Å². The molecule has 1 aromatic rings. The third kappa shape index (κ3) is 3.52. The molecule has 18 heavy (non-hydrogen) atoms. The maximum absolute atomic E-state index is 12.0. The van der Waals surface area contributed by atoms with E-state index < -0.39 is 28.6 Å². The Bertz CT molecular complexity index is 534. The lowest BCUT2D eigenvalue weighted by Crippen LogP contribution is -2.41. The summed E-state index contributed by atoms with van der Waals surface area (Å²) >= 11 is 1.33. The molecule has 0 aliphatic heterocycles. The zero-order valence-electron chi connectivity index (χ0n) is 10.0. The van der Waals surface area contributed by atoms with Crippen LogP contribution in [0.5, 0.6) is 0 Å². The molecule has 0 bridgehead atoms. The maximum atomic E-state index is 12.0. The monoisotopic (exact) mass is 293 g/mol. The van der Waals surface area contributed by atoms with E-state index in [-0.39, 0.29) is 11.3 Å². The van der Waals surface area contributed by atoms with Crippen LogP contribution in [0.2, 0.25) is 0 Å². The molecule has 0 spiro atoms. The van der Waals surface area contributed by atoms with Gasteiger partial charge in [-0.1, -0.05) is 0 Å². The third-order valence-electron chi connectivity index (χ3n) is 2.30. The topological polar surface area (TPSA) is 104 Å². The number of rotatable bonds is 6. The summed E-state index contributed by atoms with van der Waals surface area (Å²) in [4.78, 5) is 12.4. The minimum absolute atomic E-state index is 0.0918. The van der Waals surface area contributed by atoms with Gasteiger partial charge in [0.2, 0.25) is 10.0 Å². The van der Waals surface area contributed by atoms with Crippen LogP contribution in [0.1, 0.15) is 16.2 Å². The quantitative estimate of drug-likeness (QED) is 0.707. The average molecular weight is 293 g/mol. The molecule has 1 heterocycles. The summed E-state index contributed by atoms with van der Waals surface area (Å²) in [6, 6.07) is 0.180. The first-order valence-electron chi connectivity index (χ1n) is 5.21. The van der Waals surface area contributed by atoms with E-state index in [0.717, 1.165) is 4.88 Å². The number of carboxylic acid groups (broad SMARTS) is 1. The van der Waals surface area contributed by atoms with Crippen molar-refractivity contribution >= 4 is 27.3 Å². The van der Waals surface area contributed by atoms with Gasteiger partial charge in [-0.05, 0) is 26.3 Å². The van der Waals surface area contributed by atoms with Gasteiger partial charge in [-0.3, -0.25) is 4.79 Å². The number of aliphatic hydroxyl groups excluding tert-OH is 1. The molecule has 102 valence electrons. The van der Waals surface area contributed by atoms with Crippen LogP contribution < -0.4 is 4.72 Å². The van der Waals surface area contributed by atoms with E-state index in [2.05, 4.69) is 4.72 Å². The van der Waals surface area contributed by atoms with Gasteiger partial charge in [-0.25, -0.2) is 8.42 Å². The second-order valence-corrected chi connectivity index (χ2v) is 6.94. The van der Waals surface area contributed by atoms with Gasteiger partial charge in [-0.15, -0.1) is 11.3 Å². The third-order valence-corrected chi connectivity index (χ3v) is 4.99. The molecule has 0 amide bonds. The van der Waals surface area contributed by atoms with Gasteiger partial charge < -0.3 is 10.2 Å². The summed E-state index contributed by atoms with van der Waals surface area (Å²) in [5.74, 6) is -1.31. The number of nitrogens with one attached hydrogen (secondary N) is 1. The minimum atomic E-state index is -3.87. The predicted octanol–water partition coefficient (Wildman–Crippen LogP) is 0.479. The van der Waals surface area contributed by atoms with E-state index in [4.69, 9.17) is 10.2 Å². The molecule has 3 N–H and O–H groups in total. The highest BCUT2D eigenvalue weighted by Gasteiger charge is 2.26. The zero-order valence-corrected chi connectivity index (χ0v) is 11.6. The van der Waals surface area contributed by atoms with Crippen LogP contribution in [-0.2, 0) is 14.8 Å². The van der Waals surface area contributed by atoms with Gasteiger partial charge in [-0.2, -0.15) is 4.72 Å². The van der Waals surface area contributed by atoms with Crippen molar-refractivity contribution in [2.24, 2.45) is 0 Å². The fraction of sp³-hybridized carbons (Fsp3) is 0.500.